The number of amides is 2. The SMILES string of the molecule is NC(=O)c1ncn2c(C(=O)NCCCOc3ccccc3F)cc(-c3ccccc3)nc12. The molecule has 3 N–H and O–H groups in total. The van der Waals surface area contributed by atoms with Gasteiger partial charge in [0, 0.05) is 12.1 Å². The predicted octanol–water partition coefficient (Wildman–Crippen LogP) is 2.83. The van der Waals surface area contributed by atoms with Crippen LogP contribution in [0.3, 0.4) is 0 Å². The van der Waals surface area contributed by atoms with E-state index in [1.807, 2.05) is 30.3 Å². The Kier molecular flexibility index (Phi) is 6.07. The summed E-state index contributed by atoms with van der Waals surface area (Å²) >= 11 is 0. The number of benzene rings is 2. The van der Waals surface area contributed by atoms with Crippen LogP contribution in [-0.2, 0) is 0 Å². The number of para-hydroxylation sites is 1. The van der Waals surface area contributed by atoms with E-state index < -0.39 is 11.7 Å². The van der Waals surface area contributed by atoms with E-state index in [0.717, 1.165) is 5.56 Å². The van der Waals surface area contributed by atoms with E-state index in [9.17, 15) is 14.0 Å². The van der Waals surface area contributed by atoms with E-state index in [1.165, 1.54) is 16.8 Å². The van der Waals surface area contributed by atoms with Gasteiger partial charge >= 0.3 is 0 Å². The number of carbonyl (C=O) groups is 2. The van der Waals surface area contributed by atoms with Crippen LogP contribution in [0.2, 0.25) is 0 Å². The molecule has 2 aromatic heterocycles. The monoisotopic (exact) mass is 433 g/mol. The number of ether oxygens (including phenoxy) is 1. The number of halogens is 1. The summed E-state index contributed by atoms with van der Waals surface area (Å²) in [4.78, 5) is 33.2. The van der Waals surface area contributed by atoms with Crippen molar-refractivity contribution in [1.82, 2.24) is 19.7 Å². The molecule has 0 fully saturated rings. The van der Waals surface area contributed by atoms with E-state index >= 15 is 0 Å². The molecule has 2 heterocycles. The van der Waals surface area contributed by atoms with E-state index in [0.29, 0.717) is 18.7 Å². The van der Waals surface area contributed by atoms with Crippen molar-refractivity contribution in [3.63, 3.8) is 0 Å². The highest BCUT2D eigenvalue weighted by Gasteiger charge is 2.19. The number of aromatic nitrogens is 3. The van der Waals surface area contributed by atoms with Crippen LogP contribution >= 0.6 is 0 Å². The Hall–Kier alpha value is -4.27. The maximum Gasteiger partial charge on any atom is 0.271 e. The summed E-state index contributed by atoms with van der Waals surface area (Å²) in [5.74, 6) is -1.38. The Morgan fingerprint density at radius 3 is 2.59 bits per heavy atom. The minimum atomic E-state index is -0.734. The molecule has 0 radical (unpaired) electrons. The first-order chi connectivity index (χ1) is 15.5. The number of imidazole rings is 1. The second kappa shape index (κ2) is 9.25. The van der Waals surface area contributed by atoms with E-state index in [1.54, 1.807) is 24.3 Å². The van der Waals surface area contributed by atoms with Crippen molar-refractivity contribution in [1.29, 1.82) is 0 Å². The summed E-state index contributed by atoms with van der Waals surface area (Å²) < 4.78 is 20.4. The molecule has 0 bridgehead atoms. The smallest absolute Gasteiger partial charge is 0.271 e. The van der Waals surface area contributed by atoms with Gasteiger partial charge in [-0.1, -0.05) is 42.5 Å². The van der Waals surface area contributed by atoms with Gasteiger partial charge in [0.1, 0.15) is 12.0 Å². The van der Waals surface area contributed by atoms with Gasteiger partial charge < -0.3 is 15.8 Å². The fourth-order valence-electron chi connectivity index (χ4n) is 3.18. The van der Waals surface area contributed by atoms with Crippen molar-refractivity contribution in [3.8, 4) is 17.0 Å². The summed E-state index contributed by atoms with van der Waals surface area (Å²) in [6.45, 7) is 0.536. The molecule has 0 aliphatic carbocycles. The Bertz CT molecular complexity index is 1270. The van der Waals surface area contributed by atoms with Crippen molar-refractivity contribution >= 4 is 17.5 Å². The highest BCUT2D eigenvalue weighted by Crippen LogP contribution is 2.21. The third kappa shape index (κ3) is 4.41. The lowest BCUT2D eigenvalue weighted by molar-refractivity contribution is 0.0943. The minimum absolute atomic E-state index is 0.0184. The summed E-state index contributed by atoms with van der Waals surface area (Å²) in [5, 5.41) is 2.80. The van der Waals surface area contributed by atoms with Crippen LogP contribution in [0.5, 0.6) is 5.75 Å². The average Bonchev–Trinajstić information content (AvgIpc) is 3.24. The van der Waals surface area contributed by atoms with Gasteiger partial charge in [-0.15, -0.1) is 0 Å². The van der Waals surface area contributed by atoms with Gasteiger partial charge in [0.15, 0.2) is 22.9 Å². The van der Waals surface area contributed by atoms with Crippen molar-refractivity contribution in [2.75, 3.05) is 13.2 Å². The predicted molar refractivity (Wildman–Crippen MR) is 116 cm³/mol. The molecule has 0 aliphatic heterocycles. The van der Waals surface area contributed by atoms with Gasteiger partial charge in [-0.2, -0.15) is 0 Å². The van der Waals surface area contributed by atoms with Gasteiger partial charge in [-0.05, 0) is 24.6 Å². The third-order valence-electron chi connectivity index (χ3n) is 4.74. The molecule has 0 saturated heterocycles. The maximum atomic E-state index is 13.6. The van der Waals surface area contributed by atoms with E-state index in [-0.39, 0.29) is 35.3 Å². The molecule has 0 unspecified atom stereocenters. The van der Waals surface area contributed by atoms with Gasteiger partial charge in [0.2, 0.25) is 0 Å². The summed E-state index contributed by atoms with van der Waals surface area (Å²) in [6.07, 6.45) is 1.81. The van der Waals surface area contributed by atoms with Crippen molar-refractivity contribution < 1.29 is 18.7 Å². The lowest BCUT2D eigenvalue weighted by atomic mass is 10.1. The van der Waals surface area contributed by atoms with Crippen LogP contribution in [0, 0.1) is 5.82 Å². The molecule has 32 heavy (non-hydrogen) atoms. The zero-order valence-corrected chi connectivity index (χ0v) is 17.0. The average molecular weight is 433 g/mol. The fourth-order valence-corrected chi connectivity index (χ4v) is 3.18. The minimum Gasteiger partial charge on any atom is -0.490 e. The van der Waals surface area contributed by atoms with Gasteiger partial charge in [0.25, 0.3) is 11.8 Å². The number of hydrogen-bond donors (Lipinski definition) is 2. The van der Waals surface area contributed by atoms with Crippen molar-refractivity contribution in [2.24, 2.45) is 5.73 Å². The standard InChI is InChI=1S/C23H20FN5O3/c24-16-9-4-5-10-19(16)32-12-6-11-26-23(31)18-13-17(15-7-2-1-3-8-15)28-22-20(21(25)30)27-14-29(18)22/h1-5,7-10,13-14H,6,11-12H2,(H2,25,30)(H,26,31). The highest BCUT2D eigenvalue weighted by molar-refractivity contribution is 5.99. The quantitative estimate of drug-likeness (QED) is 0.415. The van der Waals surface area contributed by atoms with Gasteiger partial charge in [-0.25, -0.2) is 14.4 Å². The largest absolute Gasteiger partial charge is 0.490 e. The Morgan fingerprint density at radius 1 is 1.09 bits per heavy atom. The number of hydrogen-bond acceptors (Lipinski definition) is 5. The van der Waals surface area contributed by atoms with E-state index in [4.69, 9.17) is 10.5 Å². The maximum absolute atomic E-state index is 13.6. The lowest BCUT2D eigenvalue weighted by Gasteiger charge is -2.11. The van der Waals surface area contributed by atoms with Crippen molar-refractivity contribution in [3.05, 3.63) is 84.2 Å². The van der Waals surface area contributed by atoms with Crippen LogP contribution < -0.4 is 15.8 Å². The number of nitrogens with one attached hydrogen (secondary N) is 1. The molecule has 0 spiro atoms. The molecule has 0 aliphatic rings. The first kappa shape index (κ1) is 21.0. The molecule has 8 nitrogen and oxygen atoms in total. The van der Waals surface area contributed by atoms with E-state index in [2.05, 4.69) is 15.3 Å². The first-order valence-corrected chi connectivity index (χ1v) is 9.93. The molecule has 2 aromatic carbocycles. The van der Waals surface area contributed by atoms with Crippen LogP contribution in [0.15, 0.2) is 67.0 Å². The summed E-state index contributed by atoms with van der Waals surface area (Å²) in [5.41, 5.74) is 7.14. The molecule has 4 aromatic rings. The van der Waals surface area contributed by atoms with Crippen LogP contribution in [0.1, 0.15) is 27.4 Å². The first-order valence-electron chi connectivity index (χ1n) is 9.93. The second-order valence-corrected chi connectivity index (χ2v) is 6.93. The fraction of sp³-hybridized carbons (Fsp3) is 0.130. The molecule has 9 heteroatoms. The summed E-state index contributed by atoms with van der Waals surface area (Å²) in [6, 6.07) is 17.0. The van der Waals surface area contributed by atoms with Gasteiger partial charge in [0.05, 0.1) is 12.3 Å². The Balaban J connectivity index is 1.51. The summed E-state index contributed by atoms with van der Waals surface area (Å²) in [7, 11) is 0. The van der Waals surface area contributed by atoms with Crippen LogP contribution in [0.4, 0.5) is 4.39 Å². The lowest BCUT2D eigenvalue weighted by Crippen LogP contribution is -2.27. The number of fused-ring (bicyclic) bond motifs is 1. The third-order valence-corrected chi connectivity index (χ3v) is 4.74. The molecular weight excluding hydrogens is 413 g/mol. The number of nitrogens with zero attached hydrogens (tertiary/aromatic N) is 3. The molecule has 0 saturated carbocycles. The normalized spacial score (nSPS) is 10.8. The molecule has 4 rings (SSSR count). The van der Waals surface area contributed by atoms with Gasteiger partial charge in [-0.3, -0.25) is 14.0 Å². The molecule has 0 atom stereocenters. The number of nitrogens with two attached hydrogens (primary N) is 1. The van der Waals surface area contributed by atoms with Crippen LogP contribution in [0.25, 0.3) is 16.9 Å². The molecule has 2 amide bonds. The zero-order valence-electron chi connectivity index (χ0n) is 17.0. The molecular formula is C23H20FN5O3. The Morgan fingerprint density at radius 2 is 1.84 bits per heavy atom. The zero-order chi connectivity index (χ0) is 22.5. The number of rotatable bonds is 8. The highest BCUT2D eigenvalue weighted by atomic mass is 19.1. The number of carbonyl (C=O) groups excluding carboxylic acids is 2. The second-order valence-electron chi connectivity index (χ2n) is 6.93. The van der Waals surface area contributed by atoms with Crippen LogP contribution in [-0.4, -0.2) is 39.3 Å². The molecule has 162 valence electrons. The van der Waals surface area contributed by atoms with Crippen molar-refractivity contribution in [2.45, 2.75) is 6.42 Å². The Labute approximate surface area is 182 Å². The number of primary amides is 1. The topological polar surface area (TPSA) is 112 Å².